The molecule has 0 aromatic heterocycles. The largest absolute Gasteiger partial charge is 0.456 e. The Labute approximate surface area is 185 Å². The van der Waals surface area contributed by atoms with Crippen molar-refractivity contribution in [1.82, 2.24) is 0 Å². The lowest BCUT2D eigenvalue weighted by Gasteiger charge is -2.38. The number of unbranched alkanes of at least 4 members (excludes halogenated alkanes) is 1. The zero-order chi connectivity index (χ0) is 22.5. The summed E-state index contributed by atoms with van der Waals surface area (Å²) in [4.78, 5) is 28.0. The molecular formula is C25H22N4O3. The molecule has 3 N–H and O–H groups in total. The van der Waals surface area contributed by atoms with Gasteiger partial charge in [-0.25, -0.2) is 4.79 Å². The van der Waals surface area contributed by atoms with Gasteiger partial charge in [0.1, 0.15) is 23.9 Å². The van der Waals surface area contributed by atoms with Gasteiger partial charge in [0, 0.05) is 16.9 Å². The van der Waals surface area contributed by atoms with Crippen LogP contribution in [0.25, 0.3) is 0 Å². The number of para-hydroxylation sites is 1. The van der Waals surface area contributed by atoms with Crippen LogP contribution >= 0.6 is 0 Å². The normalized spacial score (nSPS) is 21.4. The molecule has 1 spiro atoms. The minimum atomic E-state index is -1.62. The first-order valence-electron chi connectivity index (χ1n) is 10.6. The third kappa shape index (κ3) is 2.53. The number of nitrogens with two attached hydrogens (primary N) is 1. The molecule has 0 aliphatic carbocycles. The zero-order valence-electron chi connectivity index (χ0n) is 17.6. The fraction of sp³-hybridized carbons (Fsp3) is 0.240. The molecular weight excluding hydrogens is 404 g/mol. The maximum Gasteiger partial charge on any atom is 0.338 e. The predicted molar refractivity (Wildman–Crippen MR) is 119 cm³/mol. The average molecular weight is 426 g/mol. The molecule has 0 bridgehead atoms. The maximum absolute atomic E-state index is 13.4. The van der Waals surface area contributed by atoms with E-state index in [1.54, 1.807) is 29.2 Å². The molecule has 160 valence electrons. The number of nitriles is 1. The van der Waals surface area contributed by atoms with Gasteiger partial charge in [0.2, 0.25) is 5.91 Å². The number of hydrogen-bond acceptors (Lipinski definition) is 6. The number of nitrogens with one attached hydrogen (secondary N) is 1. The standard InChI is InChI=1S/C25H22N4O3/c1-2-3-6-15-9-11-16(12-10-15)29-20-14-32-23(30)21(20)25(18(13-26)22(29)27)17-7-4-5-8-19(17)28-24(25)31/h4-5,7-12H,2-3,6,14,27H2,1H3,(H,28,31). The van der Waals surface area contributed by atoms with E-state index in [9.17, 15) is 14.9 Å². The molecule has 3 heterocycles. The molecule has 2 aromatic rings. The van der Waals surface area contributed by atoms with E-state index in [2.05, 4.69) is 18.3 Å². The number of carbonyl (C=O) groups excluding carboxylic acids is 2. The minimum Gasteiger partial charge on any atom is -0.456 e. The summed E-state index contributed by atoms with van der Waals surface area (Å²) >= 11 is 0. The summed E-state index contributed by atoms with van der Waals surface area (Å²) in [5.74, 6) is -0.964. The number of anilines is 2. The van der Waals surface area contributed by atoms with Crippen molar-refractivity contribution < 1.29 is 14.3 Å². The number of benzene rings is 2. The van der Waals surface area contributed by atoms with Crippen LogP contribution in [0, 0.1) is 11.3 Å². The quantitative estimate of drug-likeness (QED) is 0.727. The highest BCUT2D eigenvalue weighted by Gasteiger charge is 2.61. The Balaban J connectivity index is 1.72. The number of nitrogens with zero attached hydrogens (tertiary/aromatic N) is 2. The maximum atomic E-state index is 13.4. The summed E-state index contributed by atoms with van der Waals surface area (Å²) in [5, 5.41) is 13.0. The average Bonchev–Trinajstić information content (AvgIpc) is 3.31. The van der Waals surface area contributed by atoms with Crippen molar-refractivity contribution in [2.75, 3.05) is 16.8 Å². The first-order chi connectivity index (χ1) is 15.5. The second-order valence-electron chi connectivity index (χ2n) is 8.12. The molecule has 3 aliphatic rings. The number of fused-ring (bicyclic) bond motifs is 3. The summed E-state index contributed by atoms with van der Waals surface area (Å²) in [6.45, 7) is 2.12. The molecule has 7 nitrogen and oxygen atoms in total. The summed E-state index contributed by atoms with van der Waals surface area (Å²) in [6, 6.07) is 17.1. The van der Waals surface area contributed by atoms with Crippen LogP contribution < -0.4 is 16.0 Å². The van der Waals surface area contributed by atoms with Gasteiger partial charge >= 0.3 is 5.97 Å². The molecule has 2 aromatic carbocycles. The highest BCUT2D eigenvalue weighted by atomic mass is 16.5. The third-order valence-corrected chi connectivity index (χ3v) is 6.39. The Bertz CT molecular complexity index is 1250. The molecule has 0 saturated heterocycles. The van der Waals surface area contributed by atoms with Gasteiger partial charge in [0.15, 0.2) is 0 Å². The molecule has 1 amide bonds. The van der Waals surface area contributed by atoms with E-state index in [4.69, 9.17) is 10.5 Å². The Morgan fingerprint density at radius 1 is 1.19 bits per heavy atom. The lowest BCUT2D eigenvalue weighted by atomic mass is 9.67. The summed E-state index contributed by atoms with van der Waals surface area (Å²) in [7, 11) is 0. The minimum absolute atomic E-state index is 0.0209. The van der Waals surface area contributed by atoms with Crippen LogP contribution in [0.1, 0.15) is 30.9 Å². The summed E-state index contributed by atoms with van der Waals surface area (Å²) in [5.41, 5.74) is 8.60. The van der Waals surface area contributed by atoms with Crippen LogP contribution in [0.4, 0.5) is 11.4 Å². The number of aryl methyl sites for hydroxylation is 1. The van der Waals surface area contributed by atoms with Crippen LogP contribution in [0.3, 0.4) is 0 Å². The van der Waals surface area contributed by atoms with E-state index < -0.39 is 17.3 Å². The van der Waals surface area contributed by atoms with E-state index >= 15 is 0 Å². The number of cyclic esters (lactones) is 1. The van der Waals surface area contributed by atoms with Gasteiger partial charge in [-0.05, 0) is 36.6 Å². The molecule has 1 atom stereocenters. The van der Waals surface area contributed by atoms with Crippen LogP contribution in [0.15, 0.2) is 71.2 Å². The van der Waals surface area contributed by atoms with Crippen LogP contribution in [-0.2, 0) is 26.2 Å². The molecule has 5 rings (SSSR count). The van der Waals surface area contributed by atoms with Crippen molar-refractivity contribution >= 4 is 23.3 Å². The van der Waals surface area contributed by atoms with Crippen molar-refractivity contribution in [1.29, 1.82) is 5.26 Å². The SMILES string of the molecule is CCCCc1ccc(N2C(N)=C(C#N)C3(C(=O)Nc4ccccc43)C3=C2COC3=O)cc1. The molecule has 32 heavy (non-hydrogen) atoms. The first-order valence-corrected chi connectivity index (χ1v) is 10.6. The second-order valence-corrected chi connectivity index (χ2v) is 8.12. The van der Waals surface area contributed by atoms with E-state index in [0.29, 0.717) is 22.6 Å². The lowest BCUT2D eigenvalue weighted by molar-refractivity contribution is -0.137. The molecule has 0 radical (unpaired) electrons. The first kappa shape index (κ1) is 19.9. The Kier molecular flexibility index (Phi) is 4.52. The van der Waals surface area contributed by atoms with Gasteiger partial charge in [0.25, 0.3) is 0 Å². The molecule has 1 unspecified atom stereocenters. The Morgan fingerprint density at radius 2 is 1.94 bits per heavy atom. The predicted octanol–water partition coefficient (Wildman–Crippen LogP) is 3.24. The topological polar surface area (TPSA) is 108 Å². The van der Waals surface area contributed by atoms with Gasteiger partial charge < -0.3 is 15.8 Å². The fourth-order valence-electron chi connectivity index (χ4n) is 4.90. The monoisotopic (exact) mass is 426 g/mol. The van der Waals surface area contributed by atoms with Gasteiger partial charge in [0.05, 0.1) is 16.8 Å². The molecule has 7 heteroatoms. The van der Waals surface area contributed by atoms with Gasteiger partial charge in [-0.2, -0.15) is 5.26 Å². The number of carbonyl (C=O) groups is 2. The molecule has 0 saturated carbocycles. The highest BCUT2D eigenvalue weighted by Crippen LogP contribution is 2.54. The number of rotatable bonds is 4. The summed E-state index contributed by atoms with van der Waals surface area (Å²) in [6.07, 6.45) is 3.18. The van der Waals surface area contributed by atoms with Crippen molar-refractivity contribution in [3.8, 4) is 6.07 Å². The van der Waals surface area contributed by atoms with Crippen LogP contribution in [0.2, 0.25) is 0 Å². The van der Waals surface area contributed by atoms with Gasteiger partial charge in [-0.15, -0.1) is 0 Å². The number of hydrogen-bond donors (Lipinski definition) is 2. The summed E-state index contributed by atoms with van der Waals surface area (Å²) < 4.78 is 5.39. The van der Waals surface area contributed by atoms with E-state index in [0.717, 1.165) is 19.3 Å². The van der Waals surface area contributed by atoms with Crippen molar-refractivity contribution in [2.45, 2.75) is 31.6 Å². The Hall–Kier alpha value is -4.05. The van der Waals surface area contributed by atoms with Crippen molar-refractivity contribution in [3.05, 3.63) is 82.3 Å². The molecule has 0 fully saturated rings. The lowest BCUT2D eigenvalue weighted by Crippen LogP contribution is -2.48. The number of amides is 1. The number of esters is 1. The number of ether oxygens (including phenoxy) is 1. The van der Waals surface area contributed by atoms with Crippen molar-refractivity contribution in [2.24, 2.45) is 5.73 Å². The zero-order valence-corrected chi connectivity index (χ0v) is 17.6. The molecule has 3 aliphatic heterocycles. The second kappa shape index (κ2) is 7.27. The van der Waals surface area contributed by atoms with E-state index in [1.807, 2.05) is 24.3 Å². The van der Waals surface area contributed by atoms with Crippen LogP contribution in [-0.4, -0.2) is 18.5 Å². The van der Waals surface area contributed by atoms with Gasteiger partial charge in [-0.1, -0.05) is 43.7 Å². The van der Waals surface area contributed by atoms with E-state index in [1.165, 1.54) is 5.56 Å². The third-order valence-electron chi connectivity index (χ3n) is 6.39. The van der Waals surface area contributed by atoms with Gasteiger partial charge in [-0.3, -0.25) is 9.69 Å². The van der Waals surface area contributed by atoms with E-state index in [-0.39, 0.29) is 23.6 Å². The van der Waals surface area contributed by atoms with Crippen LogP contribution in [0.5, 0.6) is 0 Å². The highest BCUT2D eigenvalue weighted by molar-refractivity contribution is 6.18. The smallest absolute Gasteiger partial charge is 0.338 e. The fourth-order valence-corrected chi connectivity index (χ4v) is 4.90. The Morgan fingerprint density at radius 3 is 2.66 bits per heavy atom. The van der Waals surface area contributed by atoms with Crippen molar-refractivity contribution in [3.63, 3.8) is 0 Å².